The highest BCUT2D eigenvalue weighted by molar-refractivity contribution is 5.88. The maximum atomic E-state index is 13.3. The molecule has 0 aliphatic heterocycles. The number of nitrogens with one attached hydrogen (secondary N) is 1. The first-order chi connectivity index (χ1) is 9.15. The Morgan fingerprint density at radius 3 is 3.00 bits per heavy atom. The van der Waals surface area contributed by atoms with Crippen LogP contribution in [0.3, 0.4) is 0 Å². The number of halogens is 1. The zero-order chi connectivity index (χ0) is 14.1. The fourth-order valence-corrected chi connectivity index (χ4v) is 1.25. The van der Waals surface area contributed by atoms with E-state index < -0.39 is 6.10 Å². The summed E-state index contributed by atoms with van der Waals surface area (Å²) in [6.07, 6.45) is 12.3. The van der Waals surface area contributed by atoms with E-state index in [0.29, 0.717) is 11.6 Å². The quantitative estimate of drug-likeness (QED) is 0.355. The summed E-state index contributed by atoms with van der Waals surface area (Å²) in [7, 11) is 0. The van der Waals surface area contributed by atoms with E-state index in [9.17, 15) is 4.39 Å². The van der Waals surface area contributed by atoms with Crippen molar-refractivity contribution in [2.75, 3.05) is 0 Å². The first-order valence-electron chi connectivity index (χ1n) is 5.88. The van der Waals surface area contributed by atoms with E-state index in [2.05, 4.69) is 10.4 Å². The van der Waals surface area contributed by atoms with Gasteiger partial charge < -0.3 is 10.2 Å². The molecule has 0 bridgehead atoms. The van der Waals surface area contributed by atoms with Crippen molar-refractivity contribution in [1.82, 2.24) is 5.43 Å². The van der Waals surface area contributed by atoms with E-state index in [0.717, 1.165) is 0 Å². The number of allylic oxidation sites excluding steroid dienone is 6. The Morgan fingerprint density at radius 2 is 2.32 bits per heavy atom. The van der Waals surface area contributed by atoms with Crippen LogP contribution in [0.2, 0.25) is 0 Å². The summed E-state index contributed by atoms with van der Waals surface area (Å²) in [5.74, 6) is 5.26. The second-order valence-corrected chi connectivity index (χ2v) is 3.80. The van der Waals surface area contributed by atoms with Crippen LogP contribution < -0.4 is 11.3 Å². The first-order valence-corrected chi connectivity index (χ1v) is 5.88. The lowest BCUT2D eigenvalue weighted by molar-refractivity contribution is 0.282. The third kappa shape index (κ3) is 5.83. The minimum Gasteiger partial charge on any atom is -0.466 e. The second-order valence-electron chi connectivity index (χ2n) is 3.80. The fraction of sp³-hybridized carbons (Fsp3) is 0.214. The van der Waals surface area contributed by atoms with Crippen LogP contribution in [0.5, 0.6) is 0 Å². The molecule has 0 aromatic rings. The smallest absolute Gasteiger partial charge is 0.213 e. The molecule has 1 unspecified atom stereocenters. The van der Waals surface area contributed by atoms with Crippen LogP contribution in [0.4, 0.5) is 4.39 Å². The highest BCUT2D eigenvalue weighted by Gasteiger charge is 2.07. The molecular formula is C14H18FN3O. The molecule has 1 atom stereocenters. The zero-order valence-electron chi connectivity index (χ0n) is 11.0. The number of ether oxygens (including phenoxy) is 1. The van der Waals surface area contributed by atoms with E-state index in [1.807, 2.05) is 6.92 Å². The van der Waals surface area contributed by atoms with E-state index in [4.69, 9.17) is 10.6 Å². The van der Waals surface area contributed by atoms with Gasteiger partial charge in [-0.2, -0.15) is 0 Å². The molecule has 1 aliphatic carbocycles. The van der Waals surface area contributed by atoms with Gasteiger partial charge in [-0.15, -0.1) is 0 Å². The van der Waals surface area contributed by atoms with Gasteiger partial charge in [0.2, 0.25) is 5.90 Å². The Bertz CT molecular complexity index is 473. The van der Waals surface area contributed by atoms with E-state index >= 15 is 0 Å². The monoisotopic (exact) mass is 263 g/mol. The minimum absolute atomic E-state index is 0.342. The SMILES string of the molecule is C/C=C/C(=N/C=C(\C)NN)OC1C=CC=CC(F)=C1. The van der Waals surface area contributed by atoms with Gasteiger partial charge in [-0.05, 0) is 38.2 Å². The molecule has 0 fully saturated rings. The Hall–Kier alpha value is -2.14. The maximum Gasteiger partial charge on any atom is 0.213 e. The summed E-state index contributed by atoms with van der Waals surface area (Å²) in [5.41, 5.74) is 3.15. The van der Waals surface area contributed by atoms with Crippen molar-refractivity contribution in [2.24, 2.45) is 10.8 Å². The number of nitrogens with two attached hydrogens (primary N) is 1. The molecular weight excluding hydrogens is 245 g/mol. The van der Waals surface area contributed by atoms with Crippen molar-refractivity contribution < 1.29 is 9.13 Å². The molecule has 0 heterocycles. The molecule has 0 spiro atoms. The molecule has 3 N–H and O–H groups in total. The molecule has 5 heteroatoms. The summed E-state index contributed by atoms with van der Waals surface area (Å²) in [5, 5.41) is 0. The van der Waals surface area contributed by atoms with Crippen LogP contribution >= 0.6 is 0 Å². The Morgan fingerprint density at radius 1 is 1.53 bits per heavy atom. The molecule has 0 saturated carbocycles. The van der Waals surface area contributed by atoms with Crippen molar-refractivity contribution in [3.63, 3.8) is 0 Å². The average Bonchev–Trinajstić information content (AvgIpc) is 2.60. The van der Waals surface area contributed by atoms with Crippen molar-refractivity contribution in [2.45, 2.75) is 20.0 Å². The van der Waals surface area contributed by atoms with Gasteiger partial charge in [0, 0.05) is 5.70 Å². The van der Waals surface area contributed by atoms with Gasteiger partial charge in [-0.1, -0.05) is 18.2 Å². The van der Waals surface area contributed by atoms with Crippen LogP contribution in [0.15, 0.2) is 65.2 Å². The van der Waals surface area contributed by atoms with Crippen molar-refractivity contribution >= 4 is 5.90 Å². The van der Waals surface area contributed by atoms with Crippen LogP contribution in [0.25, 0.3) is 0 Å². The van der Waals surface area contributed by atoms with E-state index in [1.165, 1.54) is 18.4 Å². The molecule has 4 nitrogen and oxygen atoms in total. The molecule has 102 valence electrons. The Labute approximate surface area is 112 Å². The second kappa shape index (κ2) is 8.05. The molecule has 1 aliphatic rings. The van der Waals surface area contributed by atoms with Gasteiger partial charge >= 0.3 is 0 Å². The van der Waals surface area contributed by atoms with Gasteiger partial charge in [0.25, 0.3) is 0 Å². The molecule has 0 amide bonds. The number of hydrazine groups is 1. The topological polar surface area (TPSA) is 59.6 Å². The summed E-state index contributed by atoms with van der Waals surface area (Å²) in [6.45, 7) is 3.61. The van der Waals surface area contributed by atoms with Crippen LogP contribution in [-0.2, 0) is 4.74 Å². The third-order valence-corrected chi connectivity index (χ3v) is 2.17. The normalized spacial score (nSPS) is 20.4. The van der Waals surface area contributed by atoms with Crippen molar-refractivity contribution in [3.05, 3.63) is 60.3 Å². The predicted octanol–water partition coefficient (Wildman–Crippen LogP) is 2.65. The molecule has 1 rings (SSSR count). The maximum absolute atomic E-state index is 13.3. The molecule has 0 aromatic carbocycles. The van der Waals surface area contributed by atoms with Crippen LogP contribution in [0, 0.1) is 0 Å². The summed E-state index contributed by atoms with van der Waals surface area (Å²) in [6, 6.07) is 0. The van der Waals surface area contributed by atoms with Gasteiger partial charge in [0.15, 0.2) is 0 Å². The standard InChI is InChI=1S/C14H18FN3O/c1-3-6-14(17-10-11(2)18-16)19-13-8-5-4-7-12(15)9-13/h3-10,13,18H,16H2,1-2H3/b6-3+,11-10+,17-14-. The molecule has 0 aromatic heterocycles. The lowest BCUT2D eigenvalue weighted by atomic mass is 10.3. The number of hydrogen-bond acceptors (Lipinski definition) is 4. The van der Waals surface area contributed by atoms with E-state index in [-0.39, 0.29) is 5.83 Å². The summed E-state index contributed by atoms with van der Waals surface area (Å²) in [4.78, 5) is 4.13. The molecule has 19 heavy (non-hydrogen) atoms. The summed E-state index contributed by atoms with van der Waals surface area (Å²) < 4.78 is 18.8. The van der Waals surface area contributed by atoms with E-state index in [1.54, 1.807) is 37.3 Å². The average molecular weight is 263 g/mol. The van der Waals surface area contributed by atoms with Crippen LogP contribution in [-0.4, -0.2) is 12.0 Å². The number of rotatable bonds is 4. The highest BCUT2D eigenvalue weighted by atomic mass is 19.1. The lowest BCUT2D eigenvalue weighted by Gasteiger charge is -2.11. The zero-order valence-corrected chi connectivity index (χ0v) is 11.0. The predicted molar refractivity (Wildman–Crippen MR) is 75.7 cm³/mol. The molecule has 0 saturated heterocycles. The minimum atomic E-state index is -0.496. The first kappa shape index (κ1) is 14.9. The Kier molecular flexibility index (Phi) is 6.32. The number of aliphatic imine (C=N–C) groups is 1. The number of hydrogen-bond donors (Lipinski definition) is 2. The van der Waals surface area contributed by atoms with Crippen molar-refractivity contribution in [1.29, 1.82) is 0 Å². The summed E-state index contributed by atoms with van der Waals surface area (Å²) >= 11 is 0. The fourth-order valence-electron chi connectivity index (χ4n) is 1.25. The Balaban J connectivity index is 2.82. The third-order valence-electron chi connectivity index (χ3n) is 2.17. The van der Waals surface area contributed by atoms with Gasteiger partial charge in [0.1, 0.15) is 11.9 Å². The molecule has 0 radical (unpaired) electrons. The largest absolute Gasteiger partial charge is 0.466 e. The van der Waals surface area contributed by atoms with Gasteiger partial charge in [-0.25, -0.2) is 9.38 Å². The number of nitrogens with zero attached hydrogens (tertiary/aromatic N) is 1. The lowest BCUT2D eigenvalue weighted by Crippen LogP contribution is -2.19. The highest BCUT2D eigenvalue weighted by Crippen LogP contribution is 2.10. The van der Waals surface area contributed by atoms with Crippen molar-refractivity contribution in [3.8, 4) is 0 Å². The van der Waals surface area contributed by atoms with Gasteiger partial charge in [-0.3, -0.25) is 5.84 Å². The van der Waals surface area contributed by atoms with Crippen LogP contribution in [0.1, 0.15) is 13.8 Å². The van der Waals surface area contributed by atoms with Gasteiger partial charge in [0.05, 0.1) is 6.20 Å².